The first-order valence-electron chi connectivity index (χ1n) is 8.61. The van der Waals surface area contributed by atoms with Crippen LogP contribution < -0.4 is 10.2 Å². The van der Waals surface area contributed by atoms with Crippen molar-refractivity contribution in [1.82, 2.24) is 10.3 Å². The molecule has 2 N–H and O–H groups in total. The van der Waals surface area contributed by atoms with Crippen LogP contribution in [0.5, 0.6) is 0 Å². The number of halogens is 1. The van der Waals surface area contributed by atoms with Crippen molar-refractivity contribution >= 4 is 33.6 Å². The lowest BCUT2D eigenvalue weighted by Gasteiger charge is -2.23. The third-order valence-electron chi connectivity index (χ3n) is 3.67. The molecular weight excluding hydrogens is 414 g/mol. The van der Waals surface area contributed by atoms with Crippen LogP contribution in [0, 0.1) is 0 Å². The summed E-state index contributed by atoms with van der Waals surface area (Å²) in [6, 6.07) is 10.9. The minimum absolute atomic E-state index is 0.0495. The molecule has 0 fully saturated rings. The highest BCUT2D eigenvalue weighted by atomic mass is 79.9. The number of aliphatic hydroxyl groups excluding tert-OH is 1. The molecule has 1 heterocycles. The number of hydrogen-bond donors (Lipinski definition) is 2. The summed E-state index contributed by atoms with van der Waals surface area (Å²) in [5.41, 5.74) is 1.14. The highest BCUT2D eigenvalue weighted by Gasteiger charge is 2.18. The van der Waals surface area contributed by atoms with Crippen molar-refractivity contribution in [2.75, 3.05) is 31.2 Å². The maximum atomic E-state index is 12.9. The first kappa shape index (κ1) is 20.9. The number of pyridine rings is 1. The van der Waals surface area contributed by atoms with Gasteiger partial charge in [0.15, 0.2) is 0 Å². The zero-order valence-electron chi connectivity index (χ0n) is 14.8. The maximum Gasteiger partial charge on any atom is 0.407 e. The van der Waals surface area contributed by atoms with Crippen molar-refractivity contribution in [2.45, 2.75) is 12.8 Å². The van der Waals surface area contributed by atoms with Crippen LogP contribution in [0.15, 0.2) is 53.3 Å². The van der Waals surface area contributed by atoms with Crippen LogP contribution in [0.1, 0.15) is 23.2 Å². The molecule has 0 aliphatic heterocycles. The second-order valence-corrected chi connectivity index (χ2v) is 6.59. The molecule has 27 heavy (non-hydrogen) atoms. The van der Waals surface area contributed by atoms with E-state index in [1.807, 2.05) is 30.3 Å². The Labute approximate surface area is 166 Å². The number of aromatic nitrogens is 1. The lowest BCUT2D eigenvalue weighted by Crippen LogP contribution is -2.36. The van der Waals surface area contributed by atoms with E-state index in [9.17, 15) is 9.59 Å². The number of ether oxygens (including phenoxy) is 1. The predicted molar refractivity (Wildman–Crippen MR) is 106 cm³/mol. The topological polar surface area (TPSA) is 91.8 Å². The number of alkyl carbamates (subject to hydrolysis) is 1. The first-order chi connectivity index (χ1) is 13.1. The standard InChI is InChI=1S/C19H22BrN3O4/c20-16-12-15(13-21-14-16)18(25)23(17-6-2-1-3-7-17)9-11-27-19(26)22-8-4-5-10-24/h1-3,6-7,12-14,24H,4-5,8-11H2,(H,22,26). The SMILES string of the molecule is O=C(NCCCCO)OCCN(C(=O)c1cncc(Br)c1)c1ccccc1. The molecule has 0 radical (unpaired) electrons. The molecule has 0 saturated carbocycles. The number of anilines is 1. The van der Waals surface area contributed by atoms with Gasteiger partial charge in [-0.2, -0.15) is 0 Å². The molecule has 8 heteroatoms. The summed E-state index contributed by atoms with van der Waals surface area (Å²) in [6.07, 6.45) is 3.86. The van der Waals surface area contributed by atoms with E-state index in [1.54, 1.807) is 17.2 Å². The zero-order chi connectivity index (χ0) is 19.5. The number of unbranched alkanes of at least 4 members (excludes halogenated alkanes) is 1. The van der Waals surface area contributed by atoms with E-state index < -0.39 is 6.09 Å². The number of nitrogens with one attached hydrogen (secondary N) is 1. The Morgan fingerprint density at radius 3 is 2.67 bits per heavy atom. The van der Waals surface area contributed by atoms with Gasteiger partial charge in [0, 0.05) is 35.7 Å². The summed E-state index contributed by atoms with van der Waals surface area (Å²) in [5, 5.41) is 11.3. The van der Waals surface area contributed by atoms with E-state index in [-0.39, 0.29) is 25.7 Å². The Morgan fingerprint density at radius 1 is 1.19 bits per heavy atom. The lowest BCUT2D eigenvalue weighted by atomic mass is 10.2. The fourth-order valence-electron chi connectivity index (χ4n) is 2.35. The van der Waals surface area contributed by atoms with Crippen molar-refractivity contribution in [3.8, 4) is 0 Å². The quantitative estimate of drug-likeness (QED) is 0.590. The van der Waals surface area contributed by atoms with Crippen LogP contribution in [0.4, 0.5) is 10.5 Å². The van der Waals surface area contributed by atoms with Gasteiger partial charge < -0.3 is 20.1 Å². The number of benzene rings is 1. The van der Waals surface area contributed by atoms with Gasteiger partial charge in [-0.3, -0.25) is 9.78 Å². The number of carbonyl (C=O) groups excluding carboxylic acids is 2. The average Bonchev–Trinajstić information content (AvgIpc) is 2.69. The Kier molecular flexibility index (Phi) is 8.73. The molecule has 0 aliphatic carbocycles. The molecule has 0 spiro atoms. The van der Waals surface area contributed by atoms with Gasteiger partial charge in [0.25, 0.3) is 5.91 Å². The molecule has 144 valence electrons. The van der Waals surface area contributed by atoms with E-state index >= 15 is 0 Å². The largest absolute Gasteiger partial charge is 0.448 e. The zero-order valence-corrected chi connectivity index (χ0v) is 16.4. The molecule has 0 bridgehead atoms. The van der Waals surface area contributed by atoms with Crippen molar-refractivity contribution < 1.29 is 19.4 Å². The van der Waals surface area contributed by atoms with Crippen molar-refractivity contribution in [3.05, 3.63) is 58.8 Å². The van der Waals surface area contributed by atoms with Crippen molar-refractivity contribution in [1.29, 1.82) is 0 Å². The molecule has 1 aromatic heterocycles. The van der Waals surface area contributed by atoms with Gasteiger partial charge in [-0.25, -0.2) is 4.79 Å². The summed E-state index contributed by atoms with van der Waals surface area (Å²) in [6.45, 7) is 0.785. The van der Waals surface area contributed by atoms with Gasteiger partial charge in [0.2, 0.25) is 0 Å². The number of amides is 2. The number of hydrogen-bond acceptors (Lipinski definition) is 5. The fourth-order valence-corrected chi connectivity index (χ4v) is 2.71. The third kappa shape index (κ3) is 6.99. The minimum Gasteiger partial charge on any atom is -0.448 e. The van der Waals surface area contributed by atoms with E-state index in [0.717, 1.165) is 0 Å². The molecule has 7 nitrogen and oxygen atoms in total. The molecule has 2 rings (SSSR count). The maximum absolute atomic E-state index is 12.9. The van der Waals surface area contributed by atoms with Crippen molar-refractivity contribution in [2.24, 2.45) is 0 Å². The summed E-state index contributed by atoms with van der Waals surface area (Å²) in [7, 11) is 0. The van der Waals surface area contributed by atoms with Crippen LogP contribution >= 0.6 is 15.9 Å². The Balaban J connectivity index is 1.98. The van der Waals surface area contributed by atoms with Gasteiger partial charge in [-0.1, -0.05) is 18.2 Å². The number of rotatable bonds is 9. The summed E-state index contributed by atoms with van der Waals surface area (Å²) < 4.78 is 5.86. The van der Waals surface area contributed by atoms with Crippen LogP contribution in [-0.4, -0.2) is 48.4 Å². The fraction of sp³-hybridized carbons (Fsp3) is 0.316. The molecule has 2 aromatic rings. The Hall–Kier alpha value is -2.45. The lowest BCUT2D eigenvalue weighted by molar-refractivity contribution is 0.0972. The van der Waals surface area contributed by atoms with E-state index in [4.69, 9.17) is 9.84 Å². The Morgan fingerprint density at radius 2 is 1.96 bits per heavy atom. The van der Waals surface area contributed by atoms with Crippen LogP contribution in [0.3, 0.4) is 0 Å². The third-order valence-corrected chi connectivity index (χ3v) is 4.10. The monoisotopic (exact) mass is 435 g/mol. The number of para-hydroxylation sites is 1. The highest BCUT2D eigenvalue weighted by molar-refractivity contribution is 9.10. The predicted octanol–water partition coefficient (Wildman–Crippen LogP) is 2.99. The van der Waals surface area contributed by atoms with Gasteiger partial charge in [-0.15, -0.1) is 0 Å². The first-order valence-corrected chi connectivity index (χ1v) is 9.40. The number of aliphatic hydroxyl groups is 1. The van der Waals surface area contributed by atoms with E-state index in [0.29, 0.717) is 35.1 Å². The number of nitrogens with zero attached hydrogens (tertiary/aromatic N) is 2. The molecule has 2 amide bonds. The van der Waals surface area contributed by atoms with Gasteiger partial charge in [0.05, 0.1) is 12.1 Å². The second kappa shape index (κ2) is 11.3. The van der Waals surface area contributed by atoms with Crippen LogP contribution in [-0.2, 0) is 4.74 Å². The smallest absolute Gasteiger partial charge is 0.407 e. The van der Waals surface area contributed by atoms with Gasteiger partial charge in [0.1, 0.15) is 6.61 Å². The summed E-state index contributed by atoms with van der Waals surface area (Å²) in [5.74, 6) is -0.234. The molecular formula is C19H22BrN3O4. The molecule has 1 aromatic carbocycles. The van der Waals surface area contributed by atoms with Gasteiger partial charge >= 0.3 is 6.09 Å². The minimum atomic E-state index is -0.544. The second-order valence-electron chi connectivity index (χ2n) is 5.68. The summed E-state index contributed by atoms with van der Waals surface area (Å²) >= 11 is 3.32. The highest BCUT2D eigenvalue weighted by Crippen LogP contribution is 2.18. The number of carbonyl (C=O) groups is 2. The Bertz CT molecular complexity index is 743. The molecule has 0 aliphatic rings. The summed E-state index contributed by atoms with van der Waals surface area (Å²) in [4.78, 5) is 30.2. The van der Waals surface area contributed by atoms with E-state index in [2.05, 4.69) is 26.2 Å². The van der Waals surface area contributed by atoms with Crippen LogP contribution in [0.25, 0.3) is 0 Å². The molecule has 0 atom stereocenters. The molecule has 0 unspecified atom stereocenters. The van der Waals surface area contributed by atoms with E-state index in [1.165, 1.54) is 6.20 Å². The molecule has 0 saturated heterocycles. The van der Waals surface area contributed by atoms with Crippen molar-refractivity contribution in [3.63, 3.8) is 0 Å². The van der Waals surface area contributed by atoms with Crippen LogP contribution in [0.2, 0.25) is 0 Å². The average molecular weight is 436 g/mol. The van der Waals surface area contributed by atoms with Gasteiger partial charge in [-0.05, 0) is 47.0 Å². The normalized spacial score (nSPS) is 10.3.